The van der Waals surface area contributed by atoms with Crippen LogP contribution in [-0.4, -0.2) is 0 Å². The van der Waals surface area contributed by atoms with Crippen molar-refractivity contribution >= 4 is 0 Å². The zero-order chi connectivity index (χ0) is 4.12. The molecule has 0 fully saturated rings. The van der Waals surface area contributed by atoms with E-state index < -0.39 is 0 Å². The van der Waals surface area contributed by atoms with Crippen LogP contribution in [-0.2, 0) is 0 Å². The van der Waals surface area contributed by atoms with E-state index in [1.54, 1.807) is 6.20 Å². The smallest absolute Gasteiger partial charge is 0.0103 e. The van der Waals surface area contributed by atoms with Crippen LogP contribution in [0.2, 0.25) is 0 Å². The van der Waals surface area contributed by atoms with Crippen LogP contribution in [0.5, 0.6) is 0 Å². The van der Waals surface area contributed by atoms with Crippen molar-refractivity contribution in [3.05, 3.63) is 12.3 Å². The van der Waals surface area contributed by atoms with Gasteiger partial charge in [-0.1, -0.05) is 13.0 Å². The third-order valence-electron chi connectivity index (χ3n) is 0.372. The molecule has 0 rings (SSSR count). The van der Waals surface area contributed by atoms with Crippen LogP contribution in [0.25, 0.3) is 0 Å². The van der Waals surface area contributed by atoms with Crippen LogP contribution in [0.15, 0.2) is 12.3 Å². The molecule has 0 aromatic carbocycles. The molecular weight excluding hydrogens is 62.1 g/mol. The van der Waals surface area contributed by atoms with E-state index in [9.17, 15) is 0 Å². The molecule has 0 saturated heterocycles. The fourth-order valence-corrected chi connectivity index (χ4v) is 0.136. The van der Waals surface area contributed by atoms with Crippen molar-refractivity contribution in [2.24, 2.45) is 5.73 Å². The van der Waals surface area contributed by atoms with Crippen LogP contribution in [0.1, 0.15) is 13.3 Å². The van der Waals surface area contributed by atoms with E-state index in [0.29, 0.717) is 0 Å². The highest BCUT2D eigenvalue weighted by atomic mass is 14.5. The van der Waals surface area contributed by atoms with Crippen molar-refractivity contribution in [1.29, 1.82) is 0 Å². The lowest BCUT2D eigenvalue weighted by atomic mass is 10.5. The highest BCUT2D eigenvalue weighted by Gasteiger charge is 1.52. The van der Waals surface area contributed by atoms with Crippen LogP contribution in [0.4, 0.5) is 0 Å². The maximum Gasteiger partial charge on any atom is -0.0103 e. The van der Waals surface area contributed by atoms with Gasteiger partial charge in [0.15, 0.2) is 0 Å². The molecule has 30 valence electrons. The second-order valence-corrected chi connectivity index (χ2v) is 0.836. The lowest BCUT2D eigenvalue weighted by molar-refractivity contribution is 1.21. The Balaban J connectivity index is 2.62. The molecule has 0 aromatic heterocycles. The first kappa shape index (κ1) is 4.54. The molecule has 1 nitrogen and oxygen atoms in total. The van der Waals surface area contributed by atoms with Gasteiger partial charge >= 0.3 is 0 Å². The maximum atomic E-state index is 4.96. The molecule has 5 heavy (non-hydrogen) atoms. The summed E-state index contributed by atoms with van der Waals surface area (Å²) in [6, 6.07) is 0. The molecule has 0 amide bonds. The quantitative estimate of drug-likeness (QED) is 0.487. The van der Waals surface area contributed by atoms with Gasteiger partial charge < -0.3 is 5.73 Å². The minimum absolute atomic E-state index is 1.04. The minimum Gasteiger partial charge on any atom is -0.405 e. The van der Waals surface area contributed by atoms with E-state index in [0.717, 1.165) is 6.42 Å². The van der Waals surface area contributed by atoms with Gasteiger partial charge in [-0.2, -0.15) is 0 Å². The predicted molar refractivity (Wildman–Crippen MR) is 23.6 cm³/mol. The molecule has 0 unspecified atom stereocenters. The molecule has 0 heterocycles. The molecule has 2 N–H and O–H groups in total. The third-order valence-corrected chi connectivity index (χ3v) is 0.372. The largest absolute Gasteiger partial charge is 0.405 e. The molecule has 0 aliphatic carbocycles. The normalized spacial score (nSPS) is 9.80. The topological polar surface area (TPSA) is 26.0 Å². The monoisotopic (exact) mass is 71.1 g/mol. The lowest BCUT2D eigenvalue weighted by Crippen LogP contribution is -1.72. The summed E-state index contributed by atoms with van der Waals surface area (Å²) < 4.78 is 0. The number of hydrogen-bond donors (Lipinski definition) is 1. The molecule has 0 aliphatic rings. The number of allylic oxidation sites excluding steroid dienone is 1. The van der Waals surface area contributed by atoms with Gasteiger partial charge in [-0.05, 0) is 12.6 Å². The summed E-state index contributed by atoms with van der Waals surface area (Å²) in [5.74, 6) is 0. The van der Waals surface area contributed by atoms with E-state index in [2.05, 4.69) is 0 Å². The summed E-state index contributed by atoms with van der Waals surface area (Å²) in [7, 11) is 0. The van der Waals surface area contributed by atoms with Gasteiger partial charge in [-0.25, -0.2) is 0 Å². The number of rotatable bonds is 1. The van der Waals surface area contributed by atoms with E-state index >= 15 is 0 Å². The van der Waals surface area contributed by atoms with Crippen LogP contribution in [0, 0.1) is 0 Å². The van der Waals surface area contributed by atoms with Crippen molar-refractivity contribution in [2.45, 2.75) is 13.3 Å². The van der Waals surface area contributed by atoms with E-state index in [1.807, 2.05) is 13.0 Å². The fraction of sp³-hybridized carbons (Fsp3) is 0.500. The first-order chi connectivity index (χ1) is 2.41. The molecule has 0 atom stereocenters. The highest BCUT2D eigenvalue weighted by Crippen LogP contribution is 1.69. The summed E-state index contributed by atoms with van der Waals surface area (Å²) >= 11 is 0. The second kappa shape index (κ2) is 3.54. The van der Waals surface area contributed by atoms with Crippen molar-refractivity contribution < 1.29 is 0 Å². The molecule has 0 saturated carbocycles. The molecule has 0 radical (unpaired) electrons. The van der Waals surface area contributed by atoms with Gasteiger partial charge in [-0.3, -0.25) is 0 Å². The van der Waals surface area contributed by atoms with Crippen LogP contribution in [0.3, 0.4) is 0 Å². The van der Waals surface area contributed by atoms with Gasteiger partial charge in [0, 0.05) is 0 Å². The molecule has 1 heteroatoms. The zero-order valence-corrected chi connectivity index (χ0v) is 3.44. The Morgan fingerprint density at radius 1 is 1.80 bits per heavy atom. The van der Waals surface area contributed by atoms with E-state index in [-0.39, 0.29) is 0 Å². The summed E-state index contributed by atoms with van der Waals surface area (Å²) in [5.41, 5.74) is 4.96. The predicted octanol–water partition coefficient (Wildman–Crippen LogP) is 0.869. The molecule has 0 aliphatic heterocycles. The maximum absolute atomic E-state index is 4.96. The van der Waals surface area contributed by atoms with Gasteiger partial charge in [-0.15, -0.1) is 0 Å². The Morgan fingerprint density at radius 2 is 2.40 bits per heavy atom. The summed E-state index contributed by atoms with van der Waals surface area (Å²) in [5, 5.41) is 0. The van der Waals surface area contributed by atoms with Gasteiger partial charge in [0.25, 0.3) is 0 Å². The third kappa shape index (κ3) is 3.54. The first-order valence-electron chi connectivity index (χ1n) is 1.78. The highest BCUT2D eigenvalue weighted by molar-refractivity contribution is 4.71. The second-order valence-electron chi connectivity index (χ2n) is 0.836. The van der Waals surface area contributed by atoms with Gasteiger partial charge in [0.1, 0.15) is 0 Å². The van der Waals surface area contributed by atoms with Crippen molar-refractivity contribution in [1.82, 2.24) is 0 Å². The number of hydrogen-bond acceptors (Lipinski definition) is 1. The Labute approximate surface area is 32.5 Å². The first-order valence-corrected chi connectivity index (χ1v) is 1.78. The van der Waals surface area contributed by atoms with Gasteiger partial charge in [0.2, 0.25) is 0 Å². The van der Waals surface area contributed by atoms with Crippen molar-refractivity contribution in [2.75, 3.05) is 0 Å². The lowest BCUT2D eigenvalue weighted by Gasteiger charge is -1.66. The van der Waals surface area contributed by atoms with Crippen molar-refractivity contribution in [3.8, 4) is 0 Å². The Bertz CT molecular complexity index is 30.6. The average Bonchev–Trinajstić information content (AvgIpc) is 1.41. The Kier molecular flexibility index (Phi) is 3.21. The zero-order valence-electron chi connectivity index (χ0n) is 3.44. The minimum atomic E-state index is 1.04. The van der Waals surface area contributed by atoms with E-state index in [4.69, 9.17) is 5.73 Å². The van der Waals surface area contributed by atoms with Crippen molar-refractivity contribution in [3.63, 3.8) is 0 Å². The summed E-state index contributed by atoms with van der Waals surface area (Å²) in [6.07, 6.45) is 4.50. The molecule has 0 spiro atoms. The molecule has 0 aromatic rings. The van der Waals surface area contributed by atoms with E-state index in [1.165, 1.54) is 0 Å². The number of nitrogens with two attached hydrogens (primary N) is 1. The van der Waals surface area contributed by atoms with Crippen LogP contribution < -0.4 is 5.73 Å². The molecule has 0 bridgehead atoms. The van der Waals surface area contributed by atoms with Crippen LogP contribution >= 0.6 is 0 Å². The summed E-state index contributed by atoms with van der Waals surface area (Å²) in [4.78, 5) is 0. The molecular formula is C4H9N. The SMILES string of the molecule is CC/C=C/N. The Morgan fingerprint density at radius 3 is 2.40 bits per heavy atom. The Hall–Kier alpha value is -0.460. The summed E-state index contributed by atoms with van der Waals surface area (Å²) in [6.45, 7) is 2.04. The average molecular weight is 71.1 g/mol. The van der Waals surface area contributed by atoms with Gasteiger partial charge in [0.05, 0.1) is 0 Å². The standard InChI is InChI=1S/C4H9N/c1-2-3-4-5/h3-4H,2,5H2,1H3/b4-3+. The fourth-order valence-electron chi connectivity index (χ4n) is 0.136.